The first-order valence-corrected chi connectivity index (χ1v) is 8.48. The molecule has 0 aromatic heterocycles. The molecule has 1 atom stereocenters. The summed E-state index contributed by atoms with van der Waals surface area (Å²) >= 11 is 0. The maximum absolute atomic E-state index is 13.0. The number of nitrogens with zero attached hydrogens (tertiary/aromatic N) is 1. The SMILES string of the molecule is NCC1(C(=O)N2CCCC2C(=O)NC2CC2)CCCCC1. The summed E-state index contributed by atoms with van der Waals surface area (Å²) in [4.78, 5) is 27.2. The van der Waals surface area contributed by atoms with Crippen LogP contribution in [0.2, 0.25) is 0 Å². The second-order valence-corrected chi connectivity index (χ2v) is 6.98. The molecule has 0 bridgehead atoms. The molecule has 5 nitrogen and oxygen atoms in total. The average molecular weight is 293 g/mol. The molecule has 0 spiro atoms. The van der Waals surface area contributed by atoms with Gasteiger partial charge < -0.3 is 16.0 Å². The molecule has 3 rings (SSSR count). The van der Waals surface area contributed by atoms with Crippen LogP contribution < -0.4 is 11.1 Å². The minimum Gasteiger partial charge on any atom is -0.352 e. The Morgan fingerprint density at radius 2 is 1.81 bits per heavy atom. The van der Waals surface area contributed by atoms with E-state index in [-0.39, 0.29) is 17.9 Å². The van der Waals surface area contributed by atoms with Crippen molar-refractivity contribution in [3.63, 3.8) is 0 Å². The first-order chi connectivity index (χ1) is 10.2. The van der Waals surface area contributed by atoms with Crippen molar-refractivity contribution in [2.24, 2.45) is 11.1 Å². The number of hydrogen-bond donors (Lipinski definition) is 2. The molecule has 3 aliphatic rings. The topological polar surface area (TPSA) is 75.4 Å². The standard InChI is InChI=1S/C16H27N3O2/c17-11-16(8-2-1-3-9-16)15(21)19-10-4-5-13(19)14(20)18-12-6-7-12/h12-13H,1-11,17H2,(H,18,20). The van der Waals surface area contributed by atoms with E-state index < -0.39 is 5.41 Å². The van der Waals surface area contributed by atoms with Gasteiger partial charge in [-0.05, 0) is 38.5 Å². The molecular weight excluding hydrogens is 266 g/mol. The van der Waals surface area contributed by atoms with Crippen molar-refractivity contribution < 1.29 is 9.59 Å². The van der Waals surface area contributed by atoms with Crippen LogP contribution in [0.15, 0.2) is 0 Å². The molecule has 21 heavy (non-hydrogen) atoms. The van der Waals surface area contributed by atoms with Crippen molar-refractivity contribution in [2.75, 3.05) is 13.1 Å². The molecule has 1 aliphatic heterocycles. The van der Waals surface area contributed by atoms with Crippen molar-refractivity contribution in [1.29, 1.82) is 0 Å². The van der Waals surface area contributed by atoms with Gasteiger partial charge in [0.05, 0.1) is 5.41 Å². The van der Waals surface area contributed by atoms with E-state index in [1.54, 1.807) is 0 Å². The van der Waals surface area contributed by atoms with Crippen molar-refractivity contribution in [3.8, 4) is 0 Å². The van der Waals surface area contributed by atoms with Crippen LogP contribution in [0.1, 0.15) is 57.8 Å². The van der Waals surface area contributed by atoms with Gasteiger partial charge in [0.1, 0.15) is 6.04 Å². The van der Waals surface area contributed by atoms with E-state index in [0.29, 0.717) is 19.1 Å². The number of carbonyl (C=O) groups excluding carboxylic acids is 2. The van der Waals surface area contributed by atoms with Crippen LogP contribution in [0.3, 0.4) is 0 Å². The molecule has 0 aromatic rings. The van der Waals surface area contributed by atoms with Gasteiger partial charge in [-0.15, -0.1) is 0 Å². The largest absolute Gasteiger partial charge is 0.352 e. The molecule has 1 saturated heterocycles. The number of hydrogen-bond acceptors (Lipinski definition) is 3. The Hall–Kier alpha value is -1.10. The predicted octanol–water partition coefficient (Wildman–Crippen LogP) is 1.17. The van der Waals surface area contributed by atoms with E-state index in [2.05, 4.69) is 5.32 Å². The molecule has 0 aromatic carbocycles. The molecule has 5 heteroatoms. The molecular formula is C16H27N3O2. The molecule has 118 valence electrons. The van der Waals surface area contributed by atoms with E-state index in [9.17, 15) is 9.59 Å². The van der Waals surface area contributed by atoms with E-state index >= 15 is 0 Å². The molecule has 1 heterocycles. The maximum atomic E-state index is 13.0. The fraction of sp³-hybridized carbons (Fsp3) is 0.875. The van der Waals surface area contributed by atoms with Crippen LogP contribution in [0.5, 0.6) is 0 Å². The summed E-state index contributed by atoms with van der Waals surface area (Å²) in [7, 11) is 0. The van der Waals surface area contributed by atoms with E-state index in [0.717, 1.165) is 51.4 Å². The van der Waals surface area contributed by atoms with Crippen LogP contribution in [-0.2, 0) is 9.59 Å². The maximum Gasteiger partial charge on any atom is 0.243 e. The summed E-state index contributed by atoms with van der Waals surface area (Å²) in [6.07, 6.45) is 9.01. The van der Waals surface area contributed by atoms with Crippen LogP contribution in [0.25, 0.3) is 0 Å². The lowest BCUT2D eigenvalue weighted by Gasteiger charge is -2.39. The number of nitrogens with one attached hydrogen (secondary N) is 1. The highest BCUT2D eigenvalue weighted by Crippen LogP contribution is 2.38. The normalized spacial score (nSPS) is 28.4. The van der Waals surface area contributed by atoms with Gasteiger partial charge in [0, 0.05) is 19.1 Å². The van der Waals surface area contributed by atoms with Crippen LogP contribution in [0, 0.1) is 5.41 Å². The van der Waals surface area contributed by atoms with Crippen molar-refractivity contribution in [3.05, 3.63) is 0 Å². The monoisotopic (exact) mass is 293 g/mol. The fourth-order valence-electron chi connectivity index (χ4n) is 3.85. The van der Waals surface area contributed by atoms with E-state index in [4.69, 9.17) is 5.73 Å². The Morgan fingerprint density at radius 3 is 2.43 bits per heavy atom. The van der Waals surface area contributed by atoms with Gasteiger partial charge in [0.25, 0.3) is 0 Å². The first kappa shape index (κ1) is 14.8. The van der Waals surface area contributed by atoms with Gasteiger partial charge in [-0.2, -0.15) is 0 Å². The minimum absolute atomic E-state index is 0.0475. The molecule has 2 aliphatic carbocycles. The van der Waals surface area contributed by atoms with Crippen LogP contribution in [-0.4, -0.2) is 41.9 Å². The molecule has 2 amide bonds. The lowest BCUT2D eigenvalue weighted by Crippen LogP contribution is -2.54. The Kier molecular flexibility index (Phi) is 4.20. The summed E-state index contributed by atoms with van der Waals surface area (Å²) < 4.78 is 0. The summed E-state index contributed by atoms with van der Waals surface area (Å²) in [5, 5.41) is 3.05. The molecule has 1 unspecified atom stereocenters. The Morgan fingerprint density at radius 1 is 1.10 bits per heavy atom. The zero-order valence-corrected chi connectivity index (χ0v) is 12.8. The van der Waals surface area contributed by atoms with Gasteiger partial charge in [-0.25, -0.2) is 0 Å². The number of likely N-dealkylation sites (tertiary alicyclic amines) is 1. The Bertz CT molecular complexity index is 414. The highest BCUT2D eigenvalue weighted by Gasteiger charge is 2.45. The van der Waals surface area contributed by atoms with Gasteiger partial charge in [-0.1, -0.05) is 19.3 Å². The highest BCUT2D eigenvalue weighted by molar-refractivity contribution is 5.91. The molecule has 3 fully saturated rings. The number of carbonyl (C=O) groups is 2. The number of amides is 2. The molecule has 0 radical (unpaired) electrons. The highest BCUT2D eigenvalue weighted by atomic mass is 16.2. The lowest BCUT2D eigenvalue weighted by molar-refractivity contribution is -0.148. The van der Waals surface area contributed by atoms with Gasteiger partial charge in [0.15, 0.2) is 0 Å². The molecule has 3 N–H and O–H groups in total. The van der Waals surface area contributed by atoms with E-state index in [1.165, 1.54) is 6.42 Å². The first-order valence-electron chi connectivity index (χ1n) is 8.48. The van der Waals surface area contributed by atoms with E-state index in [1.807, 2.05) is 4.90 Å². The second kappa shape index (κ2) is 5.95. The third-order valence-corrected chi connectivity index (χ3v) is 5.40. The summed E-state index contributed by atoms with van der Waals surface area (Å²) in [6, 6.07) is 0.0941. The lowest BCUT2D eigenvalue weighted by atomic mass is 9.73. The van der Waals surface area contributed by atoms with Crippen LogP contribution in [0.4, 0.5) is 0 Å². The minimum atomic E-state index is -0.402. The third kappa shape index (κ3) is 2.93. The predicted molar refractivity (Wildman–Crippen MR) is 80.5 cm³/mol. The third-order valence-electron chi connectivity index (χ3n) is 5.40. The number of rotatable bonds is 4. The Labute approximate surface area is 126 Å². The quantitative estimate of drug-likeness (QED) is 0.817. The second-order valence-electron chi connectivity index (χ2n) is 6.98. The summed E-state index contributed by atoms with van der Waals surface area (Å²) in [6.45, 7) is 1.13. The summed E-state index contributed by atoms with van der Waals surface area (Å²) in [5.41, 5.74) is 5.57. The Balaban J connectivity index is 1.70. The fourth-order valence-corrected chi connectivity index (χ4v) is 3.85. The zero-order valence-electron chi connectivity index (χ0n) is 12.8. The van der Waals surface area contributed by atoms with Crippen LogP contribution >= 0.6 is 0 Å². The van der Waals surface area contributed by atoms with Gasteiger partial charge in [0.2, 0.25) is 11.8 Å². The van der Waals surface area contributed by atoms with Gasteiger partial charge in [-0.3, -0.25) is 9.59 Å². The van der Waals surface area contributed by atoms with Crippen molar-refractivity contribution in [1.82, 2.24) is 10.2 Å². The molecule has 2 saturated carbocycles. The van der Waals surface area contributed by atoms with Crippen molar-refractivity contribution in [2.45, 2.75) is 69.9 Å². The zero-order chi connectivity index (χ0) is 14.9. The number of nitrogens with two attached hydrogens (primary N) is 1. The summed E-state index contributed by atoms with van der Waals surface area (Å²) in [5.74, 6) is 0.185. The van der Waals surface area contributed by atoms with Crippen molar-refractivity contribution >= 4 is 11.8 Å². The smallest absolute Gasteiger partial charge is 0.243 e. The average Bonchev–Trinajstić information content (AvgIpc) is 3.19. The van der Waals surface area contributed by atoms with Gasteiger partial charge >= 0.3 is 0 Å².